The number of thiophene rings is 1. The van der Waals surface area contributed by atoms with Gasteiger partial charge in [-0.1, -0.05) is 0 Å². The Kier molecular flexibility index (Phi) is 6.85. The summed E-state index contributed by atoms with van der Waals surface area (Å²) in [6.45, 7) is 1.37. The minimum Gasteiger partial charge on any atom is -0.481 e. The number of hydrogen-bond acceptors (Lipinski definition) is 4. The Bertz CT molecular complexity index is 383. The summed E-state index contributed by atoms with van der Waals surface area (Å²) in [4.78, 5) is 13.7. The zero-order chi connectivity index (χ0) is 13.5. The first-order chi connectivity index (χ1) is 8.47. The number of carboxylic acids is 1. The Morgan fingerprint density at radius 1 is 1.61 bits per heavy atom. The monoisotopic (exact) mass is 335 g/mol. The number of aliphatic carboxylic acids is 1. The maximum Gasteiger partial charge on any atom is 0.303 e. The molecule has 1 atom stereocenters. The van der Waals surface area contributed by atoms with Gasteiger partial charge in [0, 0.05) is 34.2 Å². The van der Waals surface area contributed by atoms with Crippen molar-refractivity contribution >= 4 is 33.2 Å². The lowest BCUT2D eigenvalue weighted by Crippen LogP contribution is -2.31. The van der Waals surface area contributed by atoms with Gasteiger partial charge in [0.2, 0.25) is 0 Å². The van der Waals surface area contributed by atoms with Crippen LogP contribution in [0.25, 0.3) is 0 Å². The first-order valence-electron chi connectivity index (χ1n) is 5.78. The lowest BCUT2D eigenvalue weighted by atomic mass is 10.2. The third-order valence-electron chi connectivity index (χ3n) is 2.58. The molecule has 2 N–H and O–H groups in total. The van der Waals surface area contributed by atoms with Gasteiger partial charge in [0.05, 0.1) is 6.10 Å². The van der Waals surface area contributed by atoms with Gasteiger partial charge in [-0.3, -0.25) is 4.79 Å². The molecule has 1 heterocycles. The van der Waals surface area contributed by atoms with Crippen molar-refractivity contribution in [1.29, 1.82) is 0 Å². The smallest absolute Gasteiger partial charge is 0.303 e. The molecule has 0 aromatic carbocycles. The molecule has 4 nitrogen and oxygen atoms in total. The number of aliphatic hydroxyl groups excluding tert-OH is 1. The van der Waals surface area contributed by atoms with Gasteiger partial charge in [-0.15, -0.1) is 11.3 Å². The zero-order valence-corrected chi connectivity index (χ0v) is 12.7. The second-order valence-corrected chi connectivity index (χ2v) is 6.24. The van der Waals surface area contributed by atoms with E-state index in [2.05, 4.69) is 27.4 Å². The SMILES string of the molecule is CN(CCc1cc(Br)cs1)CC(O)CCC(=O)O. The van der Waals surface area contributed by atoms with E-state index >= 15 is 0 Å². The molecule has 0 aliphatic carbocycles. The highest BCUT2D eigenvalue weighted by Gasteiger charge is 2.10. The van der Waals surface area contributed by atoms with Crippen molar-refractivity contribution in [2.45, 2.75) is 25.4 Å². The molecule has 1 rings (SSSR count). The van der Waals surface area contributed by atoms with E-state index in [1.165, 1.54) is 4.88 Å². The van der Waals surface area contributed by atoms with Gasteiger partial charge < -0.3 is 15.1 Å². The number of carbonyl (C=O) groups is 1. The Labute approximate surface area is 119 Å². The highest BCUT2D eigenvalue weighted by atomic mass is 79.9. The lowest BCUT2D eigenvalue weighted by molar-refractivity contribution is -0.137. The van der Waals surface area contributed by atoms with Gasteiger partial charge in [-0.25, -0.2) is 0 Å². The fourth-order valence-electron chi connectivity index (χ4n) is 1.62. The molecule has 1 unspecified atom stereocenters. The average molecular weight is 336 g/mol. The lowest BCUT2D eigenvalue weighted by Gasteiger charge is -2.19. The van der Waals surface area contributed by atoms with Crippen molar-refractivity contribution in [2.24, 2.45) is 0 Å². The summed E-state index contributed by atoms with van der Waals surface area (Å²) in [5, 5.41) is 20.2. The van der Waals surface area contributed by atoms with Crippen LogP contribution in [0.4, 0.5) is 0 Å². The number of nitrogens with zero attached hydrogens (tertiary/aromatic N) is 1. The van der Waals surface area contributed by atoms with E-state index in [-0.39, 0.29) is 6.42 Å². The van der Waals surface area contributed by atoms with Crippen LogP contribution in [0.15, 0.2) is 15.9 Å². The van der Waals surface area contributed by atoms with Crippen LogP contribution in [0.2, 0.25) is 0 Å². The molecule has 0 saturated heterocycles. The normalized spacial score (nSPS) is 12.9. The van der Waals surface area contributed by atoms with Crippen molar-refractivity contribution in [3.05, 3.63) is 20.8 Å². The molecule has 18 heavy (non-hydrogen) atoms. The van der Waals surface area contributed by atoms with Crippen LogP contribution in [0, 0.1) is 0 Å². The van der Waals surface area contributed by atoms with Crippen molar-refractivity contribution in [2.75, 3.05) is 20.1 Å². The minimum atomic E-state index is -0.861. The molecule has 0 saturated carbocycles. The molecule has 0 amide bonds. The Hall–Kier alpha value is -0.430. The number of likely N-dealkylation sites (N-methyl/N-ethyl adjacent to an activating group) is 1. The summed E-state index contributed by atoms with van der Waals surface area (Å²) >= 11 is 5.13. The highest BCUT2D eigenvalue weighted by Crippen LogP contribution is 2.20. The van der Waals surface area contributed by atoms with E-state index in [1.807, 2.05) is 11.9 Å². The van der Waals surface area contributed by atoms with E-state index < -0.39 is 12.1 Å². The molecular weight excluding hydrogens is 318 g/mol. The van der Waals surface area contributed by atoms with Gasteiger partial charge in [0.25, 0.3) is 0 Å². The van der Waals surface area contributed by atoms with Crippen molar-refractivity contribution < 1.29 is 15.0 Å². The van der Waals surface area contributed by atoms with E-state index in [4.69, 9.17) is 5.11 Å². The van der Waals surface area contributed by atoms with Gasteiger partial charge in [0.15, 0.2) is 0 Å². The number of rotatable bonds is 8. The Morgan fingerprint density at radius 3 is 2.89 bits per heavy atom. The highest BCUT2D eigenvalue weighted by molar-refractivity contribution is 9.10. The minimum absolute atomic E-state index is 0.0207. The van der Waals surface area contributed by atoms with Crippen molar-refractivity contribution in [3.63, 3.8) is 0 Å². The predicted molar refractivity (Wildman–Crippen MR) is 76.1 cm³/mol. The van der Waals surface area contributed by atoms with E-state index in [0.717, 1.165) is 17.4 Å². The second kappa shape index (κ2) is 7.89. The maximum absolute atomic E-state index is 10.4. The molecule has 0 radical (unpaired) electrons. The summed E-state index contributed by atoms with van der Waals surface area (Å²) in [6.07, 6.45) is 0.705. The summed E-state index contributed by atoms with van der Waals surface area (Å²) in [7, 11) is 1.94. The number of hydrogen-bond donors (Lipinski definition) is 2. The topological polar surface area (TPSA) is 60.8 Å². The van der Waals surface area contributed by atoms with Gasteiger partial charge in [0.1, 0.15) is 0 Å². The van der Waals surface area contributed by atoms with E-state index in [0.29, 0.717) is 13.0 Å². The maximum atomic E-state index is 10.4. The molecule has 0 fully saturated rings. The molecule has 6 heteroatoms. The van der Waals surface area contributed by atoms with Crippen LogP contribution in [0.1, 0.15) is 17.7 Å². The van der Waals surface area contributed by atoms with Gasteiger partial charge in [-0.05, 0) is 41.9 Å². The van der Waals surface area contributed by atoms with E-state index in [1.54, 1.807) is 11.3 Å². The molecule has 0 bridgehead atoms. The summed E-state index contributed by atoms with van der Waals surface area (Å²) in [5.74, 6) is -0.861. The third-order valence-corrected chi connectivity index (χ3v) is 4.33. The molecule has 0 aliphatic heterocycles. The fourth-order valence-corrected chi connectivity index (χ4v) is 3.06. The summed E-state index contributed by atoms with van der Waals surface area (Å²) in [5.41, 5.74) is 0. The zero-order valence-electron chi connectivity index (χ0n) is 10.3. The van der Waals surface area contributed by atoms with Crippen LogP contribution in [-0.2, 0) is 11.2 Å². The number of halogens is 1. The first kappa shape index (κ1) is 15.6. The first-order valence-corrected chi connectivity index (χ1v) is 7.46. The standard InChI is InChI=1S/C12H18BrNO3S/c1-14(7-10(15)2-3-12(16)17)5-4-11-6-9(13)8-18-11/h6,8,10,15H,2-5,7H2,1H3,(H,16,17). The van der Waals surface area contributed by atoms with Crippen LogP contribution in [0.5, 0.6) is 0 Å². The van der Waals surface area contributed by atoms with Crippen LogP contribution in [0.3, 0.4) is 0 Å². The van der Waals surface area contributed by atoms with Crippen LogP contribution < -0.4 is 0 Å². The number of carboxylic acid groups (broad SMARTS) is 1. The Balaban J connectivity index is 2.20. The van der Waals surface area contributed by atoms with E-state index in [9.17, 15) is 9.90 Å². The second-order valence-electron chi connectivity index (χ2n) is 4.33. The van der Waals surface area contributed by atoms with Crippen molar-refractivity contribution in [1.82, 2.24) is 4.90 Å². The molecule has 0 aliphatic rings. The predicted octanol–water partition coefficient (Wildman–Crippen LogP) is 2.21. The summed E-state index contributed by atoms with van der Waals surface area (Å²) in [6, 6.07) is 2.10. The molecule has 0 spiro atoms. The van der Waals surface area contributed by atoms with Crippen LogP contribution in [-0.4, -0.2) is 47.3 Å². The average Bonchev–Trinajstić information content (AvgIpc) is 2.70. The summed E-state index contributed by atoms with van der Waals surface area (Å²) < 4.78 is 1.10. The number of aliphatic hydroxyl groups is 1. The fraction of sp³-hybridized carbons (Fsp3) is 0.583. The largest absolute Gasteiger partial charge is 0.481 e. The van der Waals surface area contributed by atoms with Gasteiger partial charge >= 0.3 is 5.97 Å². The van der Waals surface area contributed by atoms with Crippen molar-refractivity contribution in [3.8, 4) is 0 Å². The molecule has 1 aromatic rings. The molecule has 1 aromatic heterocycles. The Morgan fingerprint density at radius 2 is 2.33 bits per heavy atom. The molecule has 102 valence electrons. The van der Waals surface area contributed by atoms with Crippen LogP contribution >= 0.6 is 27.3 Å². The third kappa shape index (κ3) is 6.49. The quantitative estimate of drug-likeness (QED) is 0.764. The van der Waals surface area contributed by atoms with Gasteiger partial charge in [-0.2, -0.15) is 0 Å². The molecular formula is C12H18BrNO3S.